The second kappa shape index (κ2) is 3.34. The molecule has 80 valence electrons. The molecule has 1 aromatic rings. The van der Waals surface area contributed by atoms with E-state index in [1.165, 1.54) is 25.8 Å². The Kier molecular flexibility index (Phi) is 2.10. The lowest BCUT2D eigenvalue weighted by atomic mass is 9.96. The number of hydrogen-bond acceptors (Lipinski definition) is 1. The van der Waals surface area contributed by atoms with Crippen molar-refractivity contribution in [2.75, 3.05) is 13.6 Å². The summed E-state index contributed by atoms with van der Waals surface area (Å²) in [7, 11) is 2.08. The SMILES string of the molecule is CNCC1(C2CC2c2ccccc2)CC1. The molecule has 2 atom stereocenters. The van der Waals surface area contributed by atoms with Crippen LogP contribution in [0.5, 0.6) is 0 Å². The summed E-state index contributed by atoms with van der Waals surface area (Å²) in [5.74, 6) is 1.83. The molecule has 3 rings (SSSR count). The summed E-state index contributed by atoms with van der Waals surface area (Å²) in [5.41, 5.74) is 2.24. The number of hydrogen-bond donors (Lipinski definition) is 1. The van der Waals surface area contributed by atoms with Gasteiger partial charge in [-0.2, -0.15) is 0 Å². The van der Waals surface area contributed by atoms with Crippen LogP contribution in [0, 0.1) is 11.3 Å². The molecule has 1 N–H and O–H groups in total. The van der Waals surface area contributed by atoms with Gasteiger partial charge in [0.25, 0.3) is 0 Å². The van der Waals surface area contributed by atoms with Gasteiger partial charge < -0.3 is 5.32 Å². The van der Waals surface area contributed by atoms with Crippen LogP contribution in [0.1, 0.15) is 30.7 Å². The molecule has 2 aliphatic rings. The Labute approximate surface area is 91.9 Å². The molecule has 0 saturated heterocycles. The van der Waals surface area contributed by atoms with Crippen molar-refractivity contribution in [3.63, 3.8) is 0 Å². The molecule has 0 amide bonds. The van der Waals surface area contributed by atoms with Crippen LogP contribution >= 0.6 is 0 Å². The van der Waals surface area contributed by atoms with Crippen molar-refractivity contribution >= 4 is 0 Å². The van der Waals surface area contributed by atoms with Crippen molar-refractivity contribution in [1.29, 1.82) is 0 Å². The van der Waals surface area contributed by atoms with E-state index in [1.54, 1.807) is 5.56 Å². The van der Waals surface area contributed by atoms with Crippen molar-refractivity contribution in [2.24, 2.45) is 11.3 Å². The molecule has 0 spiro atoms. The second-order valence-electron chi connectivity index (χ2n) is 5.25. The Hall–Kier alpha value is -0.820. The quantitative estimate of drug-likeness (QED) is 0.790. The molecule has 1 aromatic carbocycles. The summed E-state index contributed by atoms with van der Waals surface area (Å²) >= 11 is 0. The van der Waals surface area contributed by atoms with E-state index in [9.17, 15) is 0 Å². The van der Waals surface area contributed by atoms with Gasteiger partial charge in [-0.25, -0.2) is 0 Å². The minimum Gasteiger partial charge on any atom is -0.319 e. The monoisotopic (exact) mass is 201 g/mol. The normalized spacial score (nSPS) is 31.3. The number of rotatable bonds is 4. The summed E-state index contributed by atoms with van der Waals surface area (Å²) in [6, 6.07) is 11.0. The maximum Gasteiger partial charge on any atom is 0.000769 e. The fourth-order valence-corrected chi connectivity index (χ4v) is 3.13. The van der Waals surface area contributed by atoms with Gasteiger partial charge in [0, 0.05) is 6.54 Å². The molecule has 1 heteroatoms. The molecule has 15 heavy (non-hydrogen) atoms. The summed E-state index contributed by atoms with van der Waals surface area (Å²) in [5, 5.41) is 3.36. The molecular formula is C14H19N. The lowest BCUT2D eigenvalue weighted by Gasteiger charge is -2.14. The Bertz CT molecular complexity index is 340. The summed E-state index contributed by atoms with van der Waals surface area (Å²) in [4.78, 5) is 0. The van der Waals surface area contributed by atoms with Gasteiger partial charge in [-0.15, -0.1) is 0 Å². The van der Waals surface area contributed by atoms with Crippen LogP contribution in [-0.2, 0) is 0 Å². The van der Waals surface area contributed by atoms with Crippen molar-refractivity contribution < 1.29 is 0 Å². The van der Waals surface area contributed by atoms with Crippen LogP contribution in [0.15, 0.2) is 30.3 Å². The number of benzene rings is 1. The molecule has 0 bridgehead atoms. The van der Waals surface area contributed by atoms with Crippen molar-refractivity contribution in [1.82, 2.24) is 5.32 Å². The van der Waals surface area contributed by atoms with E-state index in [0.717, 1.165) is 11.8 Å². The van der Waals surface area contributed by atoms with Gasteiger partial charge in [-0.3, -0.25) is 0 Å². The molecule has 0 aliphatic heterocycles. The van der Waals surface area contributed by atoms with Crippen molar-refractivity contribution in [3.8, 4) is 0 Å². The lowest BCUT2D eigenvalue weighted by Crippen LogP contribution is -2.22. The maximum atomic E-state index is 3.36. The van der Waals surface area contributed by atoms with Gasteiger partial charge in [0.15, 0.2) is 0 Å². The smallest absolute Gasteiger partial charge is 0.000769 e. The van der Waals surface area contributed by atoms with E-state index in [2.05, 4.69) is 42.7 Å². The summed E-state index contributed by atoms with van der Waals surface area (Å²) in [6.07, 6.45) is 4.31. The van der Waals surface area contributed by atoms with Gasteiger partial charge in [-0.05, 0) is 49.1 Å². The topological polar surface area (TPSA) is 12.0 Å². The minimum atomic E-state index is 0.676. The van der Waals surface area contributed by atoms with E-state index in [0.29, 0.717) is 5.41 Å². The minimum absolute atomic E-state index is 0.676. The van der Waals surface area contributed by atoms with E-state index < -0.39 is 0 Å². The molecule has 1 nitrogen and oxygen atoms in total. The predicted octanol–water partition coefficient (Wildman–Crippen LogP) is 2.79. The van der Waals surface area contributed by atoms with Crippen molar-refractivity contribution in [3.05, 3.63) is 35.9 Å². The highest BCUT2D eigenvalue weighted by atomic mass is 14.9. The van der Waals surface area contributed by atoms with E-state index in [-0.39, 0.29) is 0 Å². The Morgan fingerprint density at radius 3 is 2.60 bits per heavy atom. The van der Waals surface area contributed by atoms with Crippen LogP contribution < -0.4 is 5.32 Å². The van der Waals surface area contributed by atoms with Crippen molar-refractivity contribution in [2.45, 2.75) is 25.2 Å². The molecular weight excluding hydrogens is 182 g/mol. The highest BCUT2D eigenvalue weighted by Crippen LogP contribution is 2.67. The molecule has 2 unspecified atom stereocenters. The lowest BCUT2D eigenvalue weighted by molar-refractivity contribution is 0.412. The number of nitrogens with one attached hydrogen (secondary N) is 1. The fraction of sp³-hybridized carbons (Fsp3) is 0.571. The van der Waals surface area contributed by atoms with Crippen LogP contribution in [-0.4, -0.2) is 13.6 Å². The standard InChI is InChI=1S/C14H19N/c1-15-10-14(7-8-14)13-9-12(13)11-5-3-2-4-6-11/h2-6,12-13,15H,7-10H2,1H3. The van der Waals surface area contributed by atoms with E-state index in [4.69, 9.17) is 0 Å². The van der Waals surface area contributed by atoms with E-state index in [1.807, 2.05) is 0 Å². The molecule has 2 fully saturated rings. The van der Waals surface area contributed by atoms with E-state index >= 15 is 0 Å². The van der Waals surface area contributed by atoms with Crippen LogP contribution in [0.2, 0.25) is 0 Å². The molecule has 0 aromatic heterocycles. The second-order valence-corrected chi connectivity index (χ2v) is 5.25. The fourth-order valence-electron chi connectivity index (χ4n) is 3.13. The predicted molar refractivity (Wildman–Crippen MR) is 62.9 cm³/mol. The molecule has 0 heterocycles. The third-order valence-corrected chi connectivity index (χ3v) is 4.23. The third-order valence-electron chi connectivity index (χ3n) is 4.23. The van der Waals surface area contributed by atoms with Gasteiger partial charge in [0.2, 0.25) is 0 Å². The van der Waals surface area contributed by atoms with Gasteiger partial charge in [-0.1, -0.05) is 30.3 Å². The molecule has 2 aliphatic carbocycles. The maximum absolute atomic E-state index is 3.36. The Morgan fingerprint density at radius 1 is 1.27 bits per heavy atom. The molecule has 0 radical (unpaired) electrons. The van der Waals surface area contributed by atoms with Gasteiger partial charge >= 0.3 is 0 Å². The average molecular weight is 201 g/mol. The van der Waals surface area contributed by atoms with Crippen LogP contribution in [0.3, 0.4) is 0 Å². The van der Waals surface area contributed by atoms with Gasteiger partial charge in [0.05, 0.1) is 0 Å². The third kappa shape index (κ3) is 1.59. The zero-order chi connectivity index (χ0) is 10.3. The molecule has 2 saturated carbocycles. The highest BCUT2D eigenvalue weighted by Gasteiger charge is 2.58. The first kappa shape index (κ1) is 9.41. The highest BCUT2D eigenvalue weighted by molar-refractivity contribution is 5.29. The van der Waals surface area contributed by atoms with Gasteiger partial charge in [0.1, 0.15) is 0 Å². The average Bonchev–Trinajstić information content (AvgIpc) is 3.14. The summed E-state index contributed by atoms with van der Waals surface area (Å²) < 4.78 is 0. The Balaban J connectivity index is 1.70. The first-order valence-electron chi connectivity index (χ1n) is 6.05. The van der Waals surface area contributed by atoms with Crippen LogP contribution in [0.25, 0.3) is 0 Å². The zero-order valence-corrected chi connectivity index (χ0v) is 9.37. The summed E-state index contributed by atoms with van der Waals surface area (Å²) in [6.45, 7) is 1.22. The largest absolute Gasteiger partial charge is 0.319 e. The first-order valence-corrected chi connectivity index (χ1v) is 6.05. The van der Waals surface area contributed by atoms with Crippen LogP contribution in [0.4, 0.5) is 0 Å². The first-order chi connectivity index (χ1) is 7.36. The Morgan fingerprint density at radius 2 is 2.00 bits per heavy atom. The zero-order valence-electron chi connectivity index (χ0n) is 9.37.